The molecule has 0 saturated heterocycles. The topological polar surface area (TPSA) is 51.2 Å². The molecule has 0 atom stereocenters. The number of hydrogen-bond donors (Lipinski definition) is 2. The first kappa shape index (κ1) is 12.8. The van der Waals surface area contributed by atoms with Crippen LogP contribution in [0.25, 0.3) is 32.9 Å². The summed E-state index contributed by atoms with van der Waals surface area (Å²) in [5.74, 6) is 0.282. The molecule has 0 bridgehead atoms. The van der Waals surface area contributed by atoms with Crippen LogP contribution in [0.2, 0.25) is 0 Å². The summed E-state index contributed by atoms with van der Waals surface area (Å²) in [6.07, 6.45) is 0. The molecule has 3 heteroatoms. The molecule has 0 unspecified atom stereocenters. The summed E-state index contributed by atoms with van der Waals surface area (Å²) < 4.78 is 2.17. The third-order valence-corrected chi connectivity index (χ3v) is 4.23. The molecule has 3 aromatic carbocycles. The summed E-state index contributed by atoms with van der Waals surface area (Å²) in [6.45, 7) is 0. The van der Waals surface area contributed by atoms with Crippen molar-refractivity contribution in [2.45, 2.75) is 0 Å². The van der Waals surface area contributed by atoms with Crippen LogP contribution in [0.3, 0.4) is 0 Å². The van der Waals surface area contributed by atoms with Crippen molar-refractivity contribution < 1.29 is 5.11 Å². The molecule has 0 spiro atoms. The second-order valence-electron chi connectivity index (χ2n) is 5.61. The number of benzene rings is 3. The van der Waals surface area contributed by atoms with E-state index in [1.807, 2.05) is 24.3 Å². The molecule has 0 saturated carbocycles. The van der Waals surface area contributed by atoms with Crippen molar-refractivity contribution in [3.8, 4) is 16.9 Å². The van der Waals surface area contributed by atoms with Crippen molar-refractivity contribution in [3.05, 3.63) is 60.7 Å². The number of aromatic hydroxyl groups is 1. The molecule has 0 radical (unpaired) electrons. The van der Waals surface area contributed by atoms with Crippen LogP contribution in [-0.2, 0) is 7.05 Å². The molecule has 3 nitrogen and oxygen atoms in total. The van der Waals surface area contributed by atoms with Gasteiger partial charge in [-0.05, 0) is 41.5 Å². The zero-order valence-electron chi connectivity index (χ0n) is 12.2. The van der Waals surface area contributed by atoms with Gasteiger partial charge in [0.1, 0.15) is 5.75 Å². The molecule has 0 amide bonds. The van der Waals surface area contributed by atoms with Crippen LogP contribution in [0.15, 0.2) is 60.7 Å². The first-order chi connectivity index (χ1) is 10.6. The van der Waals surface area contributed by atoms with Gasteiger partial charge in [-0.2, -0.15) is 0 Å². The van der Waals surface area contributed by atoms with E-state index in [9.17, 15) is 5.11 Å². The van der Waals surface area contributed by atoms with E-state index < -0.39 is 0 Å². The van der Waals surface area contributed by atoms with Crippen LogP contribution in [-0.4, -0.2) is 9.67 Å². The Bertz CT molecular complexity index is 997. The van der Waals surface area contributed by atoms with Crippen LogP contribution in [0.4, 0.5) is 5.69 Å². The van der Waals surface area contributed by atoms with E-state index in [0.29, 0.717) is 0 Å². The third kappa shape index (κ3) is 1.83. The second kappa shape index (κ2) is 4.53. The van der Waals surface area contributed by atoms with E-state index in [2.05, 4.69) is 35.9 Å². The number of phenolic OH excluding ortho intramolecular Hbond substituents is 1. The summed E-state index contributed by atoms with van der Waals surface area (Å²) >= 11 is 0. The number of nitrogens with zero attached hydrogens (tertiary/aromatic N) is 1. The normalized spacial score (nSPS) is 11.3. The van der Waals surface area contributed by atoms with Crippen molar-refractivity contribution in [2.75, 3.05) is 5.73 Å². The van der Waals surface area contributed by atoms with Gasteiger partial charge in [0, 0.05) is 29.0 Å². The van der Waals surface area contributed by atoms with Crippen LogP contribution in [0, 0.1) is 0 Å². The smallest absolute Gasteiger partial charge is 0.115 e. The Labute approximate surface area is 128 Å². The quantitative estimate of drug-likeness (QED) is 0.513. The van der Waals surface area contributed by atoms with Crippen LogP contribution < -0.4 is 5.73 Å². The van der Waals surface area contributed by atoms with E-state index in [-0.39, 0.29) is 5.75 Å². The predicted molar refractivity (Wildman–Crippen MR) is 91.9 cm³/mol. The maximum atomic E-state index is 9.42. The Morgan fingerprint density at radius 1 is 0.773 bits per heavy atom. The number of nitrogen functional groups attached to an aromatic ring is 1. The Balaban J connectivity index is 1.99. The summed E-state index contributed by atoms with van der Waals surface area (Å²) in [7, 11) is 2.06. The Kier molecular flexibility index (Phi) is 2.63. The van der Waals surface area contributed by atoms with Gasteiger partial charge in [-0.3, -0.25) is 0 Å². The highest BCUT2D eigenvalue weighted by Gasteiger charge is 2.09. The fraction of sp³-hybridized carbons (Fsp3) is 0.0526. The number of nitrogens with two attached hydrogens (primary N) is 1. The summed E-state index contributed by atoms with van der Waals surface area (Å²) in [6, 6.07) is 19.7. The number of aryl methyl sites for hydroxylation is 1. The van der Waals surface area contributed by atoms with Crippen molar-refractivity contribution in [1.29, 1.82) is 0 Å². The van der Waals surface area contributed by atoms with Gasteiger partial charge in [0.2, 0.25) is 0 Å². The molecule has 4 rings (SSSR count). The summed E-state index contributed by atoms with van der Waals surface area (Å²) in [5.41, 5.74) is 11.2. The van der Waals surface area contributed by atoms with Crippen LogP contribution >= 0.6 is 0 Å². The number of aromatic nitrogens is 1. The van der Waals surface area contributed by atoms with Gasteiger partial charge < -0.3 is 15.4 Å². The van der Waals surface area contributed by atoms with Gasteiger partial charge in [0.15, 0.2) is 0 Å². The number of fused-ring (bicyclic) bond motifs is 3. The zero-order valence-corrected chi connectivity index (χ0v) is 12.2. The minimum Gasteiger partial charge on any atom is -0.508 e. The fourth-order valence-electron chi connectivity index (χ4n) is 3.05. The van der Waals surface area contributed by atoms with Crippen LogP contribution in [0.5, 0.6) is 5.75 Å². The molecule has 1 aromatic heterocycles. The Hall–Kier alpha value is -2.94. The van der Waals surface area contributed by atoms with E-state index in [0.717, 1.165) is 22.3 Å². The number of anilines is 1. The Morgan fingerprint density at radius 2 is 1.36 bits per heavy atom. The third-order valence-electron chi connectivity index (χ3n) is 4.23. The SMILES string of the molecule is Cn1c2cc(N)ccc2c2ccc(-c3ccc(O)cc3)cc21. The molecule has 1 heterocycles. The average Bonchev–Trinajstić information content (AvgIpc) is 2.80. The molecule has 22 heavy (non-hydrogen) atoms. The number of hydrogen-bond acceptors (Lipinski definition) is 2. The maximum Gasteiger partial charge on any atom is 0.115 e. The summed E-state index contributed by atoms with van der Waals surface area (Å²) in [5, 5.41) is 11.9. The van der Waals surface area contributed by atoms with Crippen molar-refractivity contribution >= 4 is 27.5 Å². The summed E-state index contributed by atoms with van der Waals surface area (Å²) in [4.78, 5) is 0. The highest BCUT2D eigenvalue weighted by Crippen LogP contribution is 2.32. The zero-order chi connectivity index (χ0) is 15.3. The fourth-order valence-corrected chi connectivity index (χ4v) is 3.05. The second-order valence-corrected chi connectivity index (χ2v) is 5.61. The van der Waals surface area contributed by atoms with Gasteiger partial charge in [-0.15, -0.1) is 0 Å². The molecular formula is C19H16N2O. The highest BCUT2D eigenvalue weighted by molar-refractivity contribution is 6.09. The first-order valence-electron chi connectivity index (χ1n) is 7.20. The van der Waals surface area contributed by atoms with E-state index in [1.54, 1.807) is 12.1 Å². The minimum atomic E-state index is 0.282. The van der Waals surface area contributed by atoms with Gasteiger partial charge in [0.25, 0.3) is 0 Å². The molecule has 4 aromatic rings. The molecule has 0 aliphatic rings. The minimum absolute atomic E-state index is 0.282. The molecule has 0 aliphatic heterocycles. The molecular weight excluding hydrogens is 272 g/mol. The average molecular weight is 288 g/mol. The lowest BCUT2D eigenvalue weighted by Gasteiger charge is -2.04. The first-order valence-corrected chi connectivity index (χ1v) is 7.20. The van der Waals surface area contributed by atoms with Gasteiger partial charge in [-0.1, -0.05) is 30.3 Å². The van der Waals surface area contributed by atoms with Gasteiger partial charge in [-0.25, -0.2) is 0 Å². The monoisotopic (exact) mass is 288 g/mol. The van der Waals surface area contributed by atoms with Crippen molar-refractivity contribution in [3.63, 3.8) is 0 Å². The number of phenols is 1. The Morgan fingerprint density at radius 3 is 2.09 bits per heavy atom. The lowest BCUT2D eigenvalue weighted by Crippen LogP contribution is -1.89. The van der Waals surface area contributed by atoms with Gasteiger partial charge >= 0.3 is 0 Å². The highest BCUT2D eigenvalue weighted by atomic mass is 16.3. The van der Waals surface area contributed by atoms with E-state index in [4.69, 9.17) is 5.73 Å². The van der Waals surface area contributed by atoms with Crippen molar-refractivity contribution in [2.24, 2.45) is 7.05 Å². The lowest BCUT2D eigenvalue weighted by molar-refractivity contribution is 0.475. The molecule has 3 N–H and O–H groups in total. The molecule has 0 aliphatic carbocycles. The largest absolute Gasteiger partial charge is 0.508 e. The van der Waals surface area contributed by atoms with E-state index >= 15 is 0 Å². The maximum absolute atomic E-state index is 9.42. The standard InChI is InChI=1S/C19H16N2O/c1-21-18-10-13(12-2-6-15(22)7-3-12)4-8-16(18)17-9-5-14(20)11-19(17)21/h2-11,22H,20H2,1H3. The molecule has 108 valence electrons. The van der Waals surface area contributed by atoms with Crippen LogP contribution in [0.1, 0.15) is 0 Å². The predicted octanol–water partition coefficient (Wildman–Crippen LogP) is 4.29. The van der Waals surface area contributed by atoms with E-state index in [1.165, 1.54) is 16.3 Å². The van der Waals surface area contributed by atoms with Crippen molar-refractivity contribution in [1.82, 2.24) is 4.57 Å². The number of rotatable bonds is 1. The van der Waals surface area contributed by atoms with Gasteiger partial charge in [0.05, 0.1) is 5.52 Å². The lowest BCUT2D eigenvalue weighted by atomic mass is 10.0. The molecule has 0 fully saturated rings.